The maximum Gasteiger partial charge on any atom is 0.246 e. The van der Waals surface area contributed by atoms with E-state index in [0.29, 0.717) is 48.3 Å². The molecule has 1 saturated heterocycles. The molecule has 4 aliphatic rings. The van der Waals surface area contributed by atoms with Crippen LogP contribution < -0.4 is 4.90 Å². The van der Waals surface area contributed by atoms with Crippen molar-refractivity contribution in [1.29, 1.82) is 10.5 Å². The predicted octanol–water partition coefficient (Wildman–Crippen LogP) is 5.25. The van der Waals surface area contributed by atoms with E-state index in [1.807, 2.05) is 19.1 Å². The van der Waals surface area contributed by atoms with Crippen molar-refractivity contribution in [3.63, 3.8) is 0 Å². The second-order valence-electron chi connectivity index (χ2n) is 11.1. The Kier molecular flexibility index (Phi) is 6.24. The van der Waals surface area contributed by atoms with Gasteiger partial charge >= 0.3 is 0 Å². The Morgan fingerprint density at radius 1 is 1.16 bits per heavy atom. The number of allylic oxidation sites excluding steroid dienone is 1. The summed E-state index contributed by atoms with van der Waals surface area (Å²) in [5, 5.41) is 20.2. The first kappa shape index (κ1) is 24.4. The van der Waals surface area contributed by atoms with Crippen LogP contribution in [0.5, 0.6) is 0 Å². The van der Waals surface area contributed by atoms with Gasteiger partial charge in [-0.2, -0.15) is 10.5 Å². The van der Waals surface area contributed by atoms with Crippen molar-refractivity contribution < 1.29 is 4.79 Å². The largest absolute Gasteiger partial charge is 0.352 e. The van der Waals surface area contributed by atoms with Crippen LogP contribution in [0.1, 0.15) is 78.9 Å². The van der Waals surface area contributed by atoms with Crippen LogP contribution in [0.15, 0.2) is 30.5 Å². The number of hydrogen-bond donors (Lipinski definition) is 0. The minimum absolute atomic E-state index is 0.145. The first-order valence-electron chi connectivity index (χ1n) is 13.7. The lowest BCUT2D eigenvalue weighted by Crippen LogP contribution is -2.56. The second kappa shape index (κ2) is 9.72. The number of amides is 1. The topological polar surface area (TPSA) is 96.9 Å². The Morgan fingerprint density at radius 2 is 1.95 bits per heavy atom. The molecule has 2 aromatic rings. The molecule has 1 atom stereocenters. The fourth-order valence-electron chi connectivity index (χ4n) is 5.89. The fraction of sp³-hybridized carbons (Fsp3) is 0.452. The van der Waals surface area contributed by atoms with Crippen molar-refractivity contribution in [2.45, 2.75) is 63.8 Å². The Hall–Kier alpha value is -3.97. The molecule has 7 nitrogen and oxygen atoms in total. The molecule has 38 heavy (non-hydrogen) atoms. The second-order valence-corrected chi connectivity index (χ2v) is 11.1. The molecule has 1 aliphatic heterocycles. The summed E-state index contributed by atoms with van der Waals surface area (Å²) in [5.74, 6) is 1.71. The highest BCUT2D eigenvalue weighted by atomic mass is 16.2. The van der Waals surface area contributed by atoms with Crippen LogP contribution in [0, 0.1) is 35.5 Å². The highest BCUT2D eigenvalue weighted by Gasteiger charge is 2.42. The standard InChI is InChI=1S/C31H32N6O/c1-3-24-14-25(23(15-32)17-34-24)29-19(2)26(16-33)31(35-30(29)22-9-10-22)36-11-12-37(27(18-36)21-7-8-21)28(38)13-20-5-4-6-20/h3,13-14,17,21-22,27H,1,4-12,18H2,2H3. The van der Waals surface area contributed by atoms with Crippen LogP contribution in [-0.4, -0.2) is 46.5 Å². The summed E-state index contributed by atoms with van der Waals surface area (Å²) in [4.78, 5) is 27.0. The van der Waals surface area contributed by atoms with Crippen LogP contribution in [-0.2, 0) is 4.79 Å². The first-order chi connectivity index (χ1) is 18.5. The van der Waals surface area contributed by atoms with E-state index in [4.69, 9.17) is 4.98 Å². The number of carbonyl (C=O) groups is 1. The number of nitrogens with zero attached hydrogens (tertiary/aromatic N) is 6. The molecule has 6 rings (SSSR count). The number of carbonyl (C=O) groups excluding carboxylic acids is 1. The van der Waals surface area contributed by atoms with Gasteiger partial charge in [-0.05, 0) is 75.5 Å². The molecule has 0 radical (unpaired) electrons. The summed E-state index contributed by atoms with van der Waals surface area (Å²) in [6, 6.07) is 6.75. The van der Waals surface area contributed by atoms with Crippen molar-refractivity contribution in [2.24, 2.45) is 5.92 Å². The van der Waals surface area contributed by atoms with Gasteiger partial charge in [-0.25, -0.2) is 4.98 Å². The molecule has 1 unspecified atom stereocenters. The fourth-order valence-corrected chi connectivity index (χ4v) is 5.89. The molecular formula is C31H32N6O. The number of pyridine rings is 2. The zero-order chi connectivity index (χ0) is 26.4. The number of piperazine rings is 1. The molecule has 192 valence electrons. The molecule has 7 heteroatoms. The van der Waals surface area contributed by atoms with E-state index in [-0.39, 0.29) is 11.9 Å². The summed E-state index contributed by atoms with van der Waals surface area (Å²) >= 11 is 0. The van der Waals surface area contributed by atoms with E-state index in [1.54, 1.807) is 12.3 Å². The molecule has 0 bridgehead atoms. The van der Waals surface area contributed by atoms with Crippen LogP contribution in [0.3, 0.4) is 0 Å². The third-order valence-corrected chi connectivity index (χ3v) is 8.55. The summed E-state index contributed by atoms with van der Waals surface area (Å²) < 4.78 is 0. The van der Waals surface area contributed by atoms with Gasteiger partial charge < -0.3 is 9.80 Å². The van der Waals surface area contributed by atoms with Gasteiger partial charge in [0.15, 0.2) is 0 Å². The van der Waals surface area contributed by atoms with E-state index in [9.17, 15) is 15.3 Å². The minimum atomic E-state index is 0.145. The molecule has 0 aromatic carbocycles. The molecule has 3 saturated carbocycles. The first-order valence-corrected chi connectivity index (χ1v) is 13.7. The van der Waals surface area contributed by atoms with E-state index >= 15 is 0 Å². The molecular weight excluding hydrogens is 472 g/mol. The van der Waals surface area contributed by atoms with Crippen molar-refractivity contribution in [1.82, 2.24) is 14.9 Å². The number of nitriles is 2. The minimum Gasteiger partial charge on any atom is -0.352 e. The quantitative estimate of drug-likeness (QED) is 0.498. The summed E-state index contributed by atoms with van der Waals surface area (Å²) in [7, 11) is 0. The van der Waals surface area contributed by atoms with Crippen molar-refractivity contribution in [3.05, 3.63) is 58.6 Å². The number of rotatable bonds is 6. The number of aromatic nitrogens is 2. The molecule has 3 heterocycles. The zero-order valence-electron chi connectivity index (χ0n) is 21.9. The monoisotopic (exact) mass is 504 g/mol. The van der Waals surface area contributed by atoms with Gasteiger partial charge in [-0.15, -0.1) is 0 Å². The van der Waals surface area contributed by atoms with E-state index in [1.165, 1.54) is 12.0 Å². The number of anilines is 1. The van der Waals surface area contributed by atoms with Crippen molar-refractivity contribution >= 4 is 17.8 Å². The van der Waals surface area contributed by atoms with E-state index in [0.717, 1.165) is 66.7 Å². The lowest BCUT2D eigenvalue weighted by atomic mass is 9.91. The van der Waals surface area contributed by atoms with E-state index < -0.39 is 0 Å². The molecule has 1 amide bonds. The average molecular weight is 505 g/mol. The Labute approximate surface area is 224 Å². The normalized spacial score (nSPS) is 20.8. The molecule has 0 N–H and O–H groups in total. The lowest BCUT2D eigenvalue weighted by molar-refractivity contribution is -0.129. The van der Waals surface area contributed by atoms with Gasteiger partial charge in [0.05, 0.1) is 28.6 Å². The highest BCUT2D eigenvalue weighted by Crippen LogP contribution is 2.47. The summed E-state index contributed by atoms with van der Waals surface area (Å²) in [6.07, 6.45) is 12.8. The van der Waals surface area contributed by atoms with Crippen molar-refractivity contribution in [2.75, 3.05) is 24.5 Å². The maximum atomic E-state index is 13.2. The van der Waals surface area contributed by atoms with Gasteiger partial charge in [-0.1, -0.05) is 12.2 Å². The smallest absolute Gasteiger partial charge is 0.246 e. The van der Waals surface area contributed by atoms with E-state index in [2.05, 4.69) is 33.5 Å². The van der Waals surface area contributed by atoms with Gasteiger partial charge in [0.1, 0.15) is 18.0 Å². The van der Waals surface area contributed by atoms with Gasteiger partial charge in [-0.3, -0.25) is 9.78 Å². The highest BCUT2D eigenvalue weighted by molar-refractivity contribution is 5.89. The SMILES string of the molecule is C=Cc1cc(-c2c(C3CC3)nc(N3CCN(C(=O)C=C4CCC4)C(C4CC4)C3)c(C#N)c2C)c(C#N)cn1. The average Bonchev–Trinajstić information content (AvgIpc) is 3.83. The van der Waals surface area contributed by atoms with Gasteiger partial charge in [0.25, 0.3) is 0 Å². The third-order valence-electron chi connectivity index (χ3n) is 8.55. The van der Waals surface area contributed by atoms with Gasteiger partial charge in [0.2, 0.25) is 5.91 Å². The van der Waals surface area contributed by atoms with Crippen molar-refractivity contribution in [3.8, 4) is 23.3 Å². The molecule has 3 aliphatic carbocycles. The Bertz CT molecular complexity index is 1430. The van der Waals surface area contributed by atoms with Gasteiger partial charge in [0, 0.05) is 49.0 Å². The predicted molar refractivity (Wildman–Crippen MR) is 146 cm³/mol. The van der Waals surface area contributed by atoms with Crippen LogP contribution in [0.4, 0.5) is 5.82 Å². The lowest BCUT2D eigenvalue weighted by Gasteiger charge is -2.42. The zero-order valence-corrected chi connectivity index (χ0v) is 21.9. The summed E-state index contributed by atoms with van der Waals surface area (Å²) in [5.41, 5.74) is 6.45. The Balaban J connectivity index is 1.40. The molecule has 0 spiro atoms. The third kappa shape index (κ3) is 4.37. The number of hydrogen-bond acceptors (Lipinski definition) is 6. The maximum absolute atomic E-state index is 13.2. The van der Waals surface area contributed by atoms with Crippen LogP contribution >= 0.6 is 0 Å². The molecule has 2 aromatic heterocycles. The van der Waals surface area contributed by atoms with Crippen LogP contribution in [0.25, 0.3) is 17.2 Å². The van der Waals surface area contributed by atoms with Crippen LogP contribution in [0.2, 0.25) is 0 Å². The Morgan fingerprint density at radius 3 is 2.55 bits per heavy atom. The molecule has 4 fully saturated rings. The summed E-state index contributed by atoms with van der Waals surface area (Å²) in [6.45, 7) is 7.81.